The van der Waals surface area contributed by atoms with Crippen molar-refractivity contribution in [1.82, 2.24) is 4.98 Å². The van der Waals surface area contributed by atoms with Gasteiger partial charge in [0.15, 0.2) is 5.76 Å². The molecule has 4 rings (SSSR count). The molecule has 0 aliphatic heterocycles. The molecule has 0 saturated heterocycles. The molecule has 5 nitrogen and oxygen atoms in total. The fourth-order valence-electron chi connectivity index (χ4n) is 3.06. The highest BCUT2D eigenvalue weighted by molar-refractivity contribution is 6.04. The maximum atomic E-state index is 13.4. The van der Waals surface area contributed by atoms with Crippen molar-refractivity contribution in [2.45, 2.75) is 6.18 Å². The maximum absolute atomic E-state index is 13.4. The first-order valence-corrected chi connectivity index (χ1v) is 8.10. The number of pyridine rings is 1. The molecule has 0 radical (unpaired) electrons. The zero-order chi connectivity index (χ0) is 20.1. The van der Waals surface area contributed by atoms with E-state index in [-0.39, 0.29) is 22.4 Å². The predicted octanol–water partition coefficient (Wildman–Crippen LogP) is 5.37. The lowest BCUT2D eigenvalue weighted by Gasteiger charge is -2.12. The van der Waals surface area contributed by atoms with Crippen LogP contribution in [0.3, 0.4) is 0 Å². The van der Waals surface area contributed by atoms with Crippen LogP contribution in [-0.2, 0) is 6.18 Å². The van der Waals surface area contributed by atoms with Crippen LogP contribution in [0.5, 0.6) is 5.75 Å². The van der Waals surface area contributed by atoms with Crippen LogP contribution in [-0.4, -0.2) is 23.2 Å². The number of fused-ring (bicyclic) bond motifs is 2. The van der Waals surface area contributed by atoms with Gasteiger partial charge in [-0.1, -0.05) is 12.1 Å². The Morgan fingerprint density at radius 2 is 1.93 bits per heavy atom. The van der Waals surface area contributed by atoms with Gasteiger partial charge in [-0.3, -0.25) is 0 Å². The number of hydrogen-bond acceptors (Lipinski definition) is 4. The highest BCUT2D eigenvalue weighted by atomic mass is 19.4. The Kier molecular flexibility index (Phi) is 3.99. The summed E-state index contributed by atoms with van der Waals surface area (Å²) in [5.74, 6) is -0.618. The van der Waals surface area contributed by atoms with Gasteiger partial charge in [0.2, 0.25) is 0 Å². The van der Waals surface area contributed by atoms with Crippen LogP contribution >= 0.6 is 0 Å². The summed E-state index contributed by atoms with van der Waals surface area (Å²) in [4.78, 5) is 15.7. The number of carboxylic acid groups (broad SMARTS) is 1. The molecule has 8 heteroatoms. The molecule has 0 unspecified atom stereocenters. The number of aromatic carboxylic acids is 1. The number of aromatic nitrogens is 1. The Labute approximate surface area is 156 Å². The molecule has 0 saturated carbocycles. The Morgan fingerprint density at radius 1 is 1.14 bits per heavy atom. The minimum absolute atomic E-state index is 0.00299. The molecular weight excluding hydrogens is 375 g/mol. The van der Waals surface area contributed by atoms with Crippen molar-refractivity contribution >= 4 is 27.8 Å². The molecule has 4 aromatic rings. The number of methoxy groups -OCH3 is 1. The number of para-hydroxylation sites is 1. The quantitative estimate of drug-likeness (QED) is 0.511. The first-order chi connectivity index (χ1) is 13.3. The maximum Gasteiger partial charge on any atom is 0.418 e. The van der Waals surface area contributed by atoms with Crippen molar-refractivity contribution < 1.29 is 32.2 Å². The van der Waals surface area contributed by atoms with Crippen LogP contribution < -0.4 is 4.74 Å². The number of carboxylic acids is 1. The Balaban J connectivity index is 2.00. The molecule has 0 spiro atoms. The van der Waals surface area contributed by atoms with E-state index in [1.807, 2.05) is 0 Å². The normalized spacial score (nSPS) is 11.9. The second-order valence-corrected chi connectivity index (χ2v) is 6.07. The van der Waals surface area contributed by atoms with E-state index >= 15 is 0 Å². The Bertz CT molecular complexity index is 1230. The van der Waals surface area contributed by atoms with Crippen molar-refractivity contribution in [2.24, 2.45) is 0 Å². The molecule has 0 aliphatic carbocycles. The third-order valence-corrected chi connectivity index (χ3v) is 4.35. The molecule has 2 heterocycles. The lowest BCUT2D eigenvalue weighted by molar-refractivity contribution is -0.136. The fourth-order valence-corrected chi connectivity index (χ4v) is 3.06. The SMILES string of the molecule is COc1ccc2oc(-c3cc(C(=O)O)c4cccc(C(F)(F)F)c4n3)cc2c1. The molecule has 0 bridgehead atoms. The average molecular weight is 387 g/mol. The summed E-state index contributed by atoms with van der Waals surface area (Å²) in [6.45, 7) is 0. The molecule has 142 valence electrons. The molecule has 0 fully saturated rings. The molecule has 1 N–H and O–H groups in total. The van der Waals surface area contributed by atoms with Crippen molar-refractivity contribution in [3.8, 4) is 17.2 Å². The second kappa shape index (κ2) is 6.26. The van der Waals surface area contributed by atoms with E-state index in [1.165, 1.54) is 19.2 Å². The molecule has 0 aliphatic rings. The van der Waals surface area contributed by atoms with Gasteiger partial charge in [0.05, 0.1) is 23.8 Å². The number of carbonyl (C=O) groups is 1. The molecule has 2 aromatic carbocycles. The smallest absolute Gasteiger partial charge is 0.418 e. The Hall–Kier alpha value is -3.55. The number of alkyl halides is 3. The number of nitrogens with zero attached hydrogens (tertiary/aromatic N) is 1. The summed E-state index contributed by atoms with van der Waals surface area (Å²) < 4.78 is 51.0. The van der Waals surface area contributed by atoms with Crippen LogP contribution in [0.25, 0.3) is 33.3 Å². The van der Waals surface area contributed by atoms with Gasteiger partial charge in [-0.2, -0.15) is 13.2 Å². The first kappa shape index (κ1) is 17.8. The number of halogens is 3. The lowest BCUT2D eigenvalue weighted by Crippen LogP contribution is -2.09. The topological polar surface area (TPSA) is 72.6 Å². The molecule has 0 amide bonds. The van der Waals surface area contributed by atoms with Crippen molar-refractivity contribution in [3.63, 3.8) is 0 Å². The van der Waals surface area contributed by atoms with Crippen molar-refractivity contribution in [3.05, 3.63) is 59.7 Å². The van der Waals surface area contributed by atoms with Gasteiger partial charge in [0.25, 0.3) is 0 Å². The molecular formula is C20H12F3NO4. The van der Waals surface area contributed by atoms with Gasteiger partial charge in [-0.05, 0) is 36.4 Å². The van der Waals surface area contributed by atoms with Crippen molar-refractivity contribution in [1.29, 1.82) is 0 Å². The van der Waals surface area contributed by atoms with Crippen LogP contribution in [0.1, 0.15) is 15.9 Å². The zero-order valence-corrected chi connectivity index (χ0v) is 14.4. The highest BCUT2D eigenvalue weighted by Gasteiger charge is 2.34. The third-order valence-electron chi connectivity index (χ3n) is 4.35. The fraction of sp³-hybridized carbons (Fsp3) is 0.100. The molecule has 28 heavy (non-hydrogen) atoms. The van der Waals surface area contributed by atoms with Gasteiger partial charge < -0.3 is 14.3 Å². The van der Waals surface area contributed by atoms with Crippen LogP contribution in [0, 0.1) is 0 Å². The monoisotopic (exact) mass is 387 g/mol. The van der Waals surface area contributed by atoms with E-state index in [0.29, 0.717) is 16.7 Å². The van der Waals surface area contributed by atoms with Crippen LogP contribution in [0.15, 0.2) is 52.9 Å². The molecule has 0 atom stereocenters. The minimum atomic E-state index is -4.68. The minimum Gasteiger partial charge on any atom is -0.497 e. The van der Waals surface area contributed by atoms with Gasteiger partial charge >= 0.3 is 12.1 Å². The number of benzene rings is 2. The summed E-state index contributed by atoms with van der Waals surface area (Å²) in [5, 5.41) is 10.1. The summed E-state index contributed by atoms with van der Waals surface area (Å²) in [6.07, 6.45) is -4.68. The summed E-state index contributed by atoms with van der Waals surface area (Å²) in [5.41, 5.74) is -1.27. The van der Waals surface area contributed by atoms with E-state index < -0.39 is 23.2 Å². The van der Waals surface area contributed by atoms with Gasteiger partial charge in [-0.25, -0.2) is 9.78 Å². The zero-order valence-electron chi connectivity index (χ0n) is 14.4. The number of furan rings is 1. The summed E-state index contributed by atoms with van der Waals surface area (Å²) in [7, 11) is 1.50. The highest BCUT2D eigenvalue weighted by Crippen LogP contribution is 2.37. The second-order valence-electron chi connectivity index (χ2n) is 6.07. The van der Waals surface area contributed by atoms with Gasteiger partial charge in [-0.15, -0.1) is 0 Å². The molecule has 2 aromatic heterocycles. The number of rotatable bonds is 3. The van der Waals surface area contributed by atoms with E-state index in [4.69, 9.17) is 9.15 Å². The van der Waals surface area contributed by atoms with E-state index in [2.05, 4.69) is 4.98 Å². The van der Waals surface area contributed by atoms with Crippen LogP contribution in [0.2, 0.25) is 0 Å². The third kappa shape index (κ3) is 2.92. The number of hydrogen-bond donors (Lipinski definition) is 1. The Morgan fingerprint density at radius 3 is 2.61 bits per heavy atom. The first-order valence-electron chi connectivity index (χ1n) is 8.10. The van der Waals surface area contributed by atoms with Gasteiger partial charge in [0.1, 0.15) is 17.0 Å². The number of ether oxygens (including phenoxy) is 1. The predicted molar refractivity (Wildman–Crippen MR) is 95.5 cm³/mol. The lowest BCUT2D eigenvalue weighted by atomic mass is 10.0. The summed E-state index contributed by atoms with van der Waals surface area (Å²) in [6, 6.07) is 11.1. The summed E-state index contributed by atoms with van der Waals surface area (Å²) >= 11 is 0. The van der Waals surface area contributed by atoms with E-state index in [0.717, 1.165) is 12.1 Å². The van der Waals surface area contributed by atoms with E-state index in [9.17, 15) is 23.1 Å². The van der Waals surface area contributed by atoms with Gasteiger partial charge in [0, 0.05) is 10.8 Å². The standard InChI is InChI=1S/C20H12F3NO4/c1-27-11-5-6-16-10(7-11)8-17(28-16)15-9-13(19(25)26)12-3-2-4-14(18(12)24-15)20(21,22)23/h2-9H,1H3,(H,25,26). The van der Waals surface area contributed by atoms with Crippen molar-refractivity contribution in [2.75, 3.05) is 7.11 Å². The average Bonchev–Trinajstić information content (AvgIpc) is 3.08. The van der Waals surface area contributed by atoms with E-state index in [1.54, 1.807) is 24.3 Å². The largest absolute Gasteiger partial charge is 0.497 e. The van der Waals surface area contributed by atoms with Crippen LogP contribution in [0.4, 0.5) is 13.2 Å².